The molecule has 3 heterocycles. The van der Waals surface area contributed by atoms with Gasteiger partial charge in [0.15, 0.2) is 0 Å². The molecule has 0 saturated carbocycles. The molecule has 1 aromatic carbocycles. The van der Waals surface area contributed by atoms with Crippen LogP contribution in [0.5, 0.6) is 0 Å². The number of benzene rings is 1. The molecule has 23 heavy (non-hydrogen) atoms. The second-order valence-corrected chi connectivity index (χ2v) is 5.95. The zero-order valence-electron chi connectivity index (χ0n) is 13.0. The highest BCUT2D eigenvalue weighted by molar-refractivity contribution is 5.97. The van der Waals surface area contributed by atoms with Gasteiger partial charge in [-0.3, -0.25) is 10.4 Å². The number of hydrogen-bond donors (Lipinski definition) is 2. The van der Waals surface area contributed by atoms with Gasteiger partial charge in [-0.25, -0.2) is 13.9 Å². The SMILES string of the molecule is N=c1n(C(=O)N2CCCCC2)c2ccccc2n1C1=NCCN1. The van der Waals surface area contributed by atoms with Crippen LogP contribution in [0.2, 0.25) is 0 Å². The van der Waals surface area contributed by atoms with Crippen LogP contribution in [0.4, 0.5) is 4.79 Å². The van der Waals surface area contributed by atoms with E-state index in [1.807, 2.05) is 29.2 Å². The molecule has 0 radical (unpaired) electrons. The molecule has 7 heteroatoms. The van der Waals surface area contributed by atoms with Gasteiger partial charge in [-0.15, -0.1) is 0 Å². The summed E-state index contributed by atoms with van der Waals surface area (Å²) >= 11 is 0. The number of nitrogens with one attached hydrogen (secondary N) is 2. The number of nitrogens with zero attached hydrogens (tertiary/aromatic N) is 4. The maximum absolute atomic E-state index is 13.0. The monoisotopic (exact) mass is 312 g/mol. The molecule has 0 bridgehead atoms. The van der Waals surface area contributed by atoms with E-state index in [2.05, 4.69) is 10.3 Å². The lowest BCUT2D eigenvalue weighted by molar-refractivity contribution is 0.188. The number of rotatable bonds is 0. The third-order valence-electron chi connectivity index (χ3n) is 4.47. The molecule has 1 aromatic heterocycles. The van der Waals surface area contributed by atoms with E-state index in [1.165, 1.54) is 11.0 Å². The molecule has 2 aliphatic heterocycles. The predicted molar refractivity (Wildman–Crippen MR) is 87.7 cm³/mol. The van der Waals surface area contributed by atoms with Gasteiger partial charge in [-0.1, -0.05) is 12.1 Å². The van der Waals surface area contributed by atoms with E-state index in [1.54, 1.807) is 4.57 Å². The minimum Gasteiger partial charge on any atom is -0.354 e. The first-order valence-electron chi connectivity index (χ1n) is 8.12. The Morgan fingerprint density at radius 2 is 1.87 bits per heavy atom. The topological polar surface area (TPSA) is 78.4 Å². The Morgan fingerprint density at radius 3 is 2.57 bits per heavy atom. The minimum atomic E-state index is -0.108. The number of aromatic nitrogens is 2. The molecule has 1 saturated heterocycles. The highest BCUT2D eigenvalue weighted by Crippen LogP contribution is 2.16. The third kappa shape index (κ3) is 2.23. The van der Waals surface area contributed by atoms with Crippen molar-refractivity contribution in [2.24, 2.45) is 4.99 Å². The number of aliphatic imine (C=N–C) groups is 1. The molecule has 1 amide bonds. The standard InChI is InChI=1S/C16H20N6O/c17-14-21(15-18-8-9-19-15)12-6-2-3-7-13(12)22(14)16(23)20-10-4-1-5-11-20/h2-3,6-7,17H,1,4-5,8-11H2,(H,18,19). The summed E-state index contributed by atoms with van der Waals surface area (Å²) in [4.78, 5) is 19.2. The summed E-state index contributed by atoms with van der Waals surface area (Å²) < 4.78 is 3.23. The average molecular weight is 312 g/mol. The Hall–Kier alpha value is -2.57. The van der Waals surface area contributed by atoms with Crippen molar-refractivity contribution in [2.75, 3.05) is 26.2 Å². The minimum absolute atomic E-state index is 0.108. The molecule has 0 spiro atoms. The highest BCUT2D eigenvalue weighted by atomic mass is 16.2. The van der Waals surface area contributed by atoms with Crippen molar-refractivity contribution in [1.82, 2.24) is 19.4 Å². The fourth-order valence-electron chi connectivity index (χ4n) is 3.34. The van der Waals surface area contributed by atoms with Crippen LogP contribution < -0.4 is 10.9 Å². The number of carbonyl (C=O) groups is 1. The fourth-order valence-corrected chi connectivity index (χ4v) is 3.34. The van der Waals surface area contributed by atoms with Crippen molar-refractivity contribution < 1.29 is 4.79 Å². The number of amides is 1. The van der Waals surface area contributed by atoms with E-state index < -0.39 is 0 Å². The predicted octanol–water partition coefficient (Wildman–Crippen LogP) is 1.18. The molecular weight excluding hydrogens is 292 g/mol. The zero-order valence-corrected chi connectivity index (χ0v) is 13.0. The van der Waals surface area contributed by atoms with Crippen LogP contribution in [0.25, 0.3) is 11.0 Å². The number of hydrogen-bond acceptors (Lipinski definition) is 4. The number of carbonyl (C=O) groups excluding carboxylic acids is 1. The van der Waals surface area contributed by atoms with E-state index in [-0.39, 0.29) is 11.6 Å². The van der Waals surface area contributed by atoms with Crippen molar-refractivity contribution in [2.45, 2.75) is 19.3 Å². The normalized spacial score (nSPS) is 18.1. The fraction of sp³-hybridized carbons (Fsp3) is 0.438. The van der Waals surface area contributed by atoms with Gasteiger partial charge in [0, 0.05) is 19.6 Å². The smallest absolute Gasteiger partial charge is 0.331 e. The summed E-state index contributed by atoms with van der Waals surface area (Å²) in [5.74, 6) is 0.649. The summed E-state index contributed by atoms with van der Waals surface area (Å²) in [6.45, 7) is 3.00. The molecular formula is C16H20N6O. The van der Waals surface area contributed by atoms with Crippen molar-refractivity contribution >= 4 is 23.0 Å². The second kappa shape index (κ2) is 5.57. The molecule has 0 unspecified atom stereocenters. The van der Waals surface area contributed by atoms with Gasteiger partial charge in [0.1, 0.15) is 0 Å². The average Bonchev–Trinajstić information content (AvgIpc) is 3.20. The Labute approximate surface area is 133 Å². The van der Waals surface area contributed by atoms with E-state index in [0.717, 1.165) is 43.5 Å². The summed E-state index contributed by atoms with van der Waals surface area (Å²) in [5.41, 5.74) is 1.73. The van der Waals surface area contributed by atoms with Gasteiger partial charge in [0.05, 0.1) is 17.6 Å². The van der Waals surface area contributed by atoms with E-state index in [0.29, 0.717) is 12.5 Å². The highest BCUT2D eigenvalue weighted by Gasteiger charge is 2.24. The van der Waals surface area contributed by atoms with Gasteiger partial charge < -0.3 is 10.2 Å². The molecule has 2 aliphatic rings. The van der Waals surface area contributed by atoms with E-state index in [9.17, 15) is 4.79 Å². The van der Waals surface area contributed by atoms with Gasteiger partial charge >= 0.3 is 6.03 Å². The quantitative estimate of drug-likeness (QED) is 0.766. The maximum Gasteiger partial charge on any atom is 0.331 e. The zero-order chi connectivity index (χ0) is 15.8. The number of fused-ring (bicyclic) bond motifs is 1. The first-order chi connectivity index (χ1) is 11.3. The molecule has 1 fully saturated rings. The second-order valence-electron chi connectivity index (χ2n) is 5.95. The molecule has 0 aliphatic carbocycles. The maximum atomic E-state index is 13.0. The first kappa shape index (κ1) is 14.0. The lowest BCUT2D eigenvalue weighted by Gasteiger charge is -2.26. The molecule has 120 valence electrons. The number of likely N-dealkylation sites (tertiary alicyclic amines) is 1. The largest absolute Gasteiger partial charge is 0.354 e. The van der Waals surface area contributed by atoms with Crippen LogP contribution in [0.1, 0.15) is 19.3 Å². The number of piperidine rings is 1. The first-order valence-corrected chi connectivity index (χ1v) is 8.12. The Kier molecular flexibility index (Phi) is 3.40. The number of imidazole rings is 1. The molecule has 4 rings (SSSR count). The van der Waals surface area contributed by atoms with E-state index in [4.69, 9.17) is 5.41 Å². The summed E-state index contributed by atoms with van der Waals surface area (Å²) in [6.07, 6.45) is 3.24. The van der Waals surface area contributed by atoms with Crippen molar-refractivity contribution in [3.8, 4) is 0 Å². The van der Waals surface area contributed by atoms with Crippen LogP contribution in [-0.2, 0) is 0 Å². The van der Waals surface area contributed by atoms with Gasteiger partial charge in [0.25, 0.3) is 0 Å². The van der Waals surface area contributed by atoms with E-state index >= 15 is 0 Å². The Morgan fingerprint density at radius 1 is 1.13 bits per heavy atom. The van der Waals surface area contributed by atoms with Crippen molar-refractivity contribution in [3.63, 3.8) is 0 Å². The van der Waals surface area contributed by atoms with Gasteiger partial charge in [-0.05, 0) is 31.4 Å². The summed E-state index contributed by atoms with van der Waals surface area (Å²) in [7, 11) is 0. The molecule has 7 nitrogen and oxygen atoms in total. The van der Waals surface area contributed by atoms with Crippen LogP contribution in [0, 0.1) is 5.41 Å². The van der Waals surface area contributed by atoms with Crippen molar-refractivity contribution in [1.29, 1.82) is 5.41 Å². The van der Waals surface area contributed by atoms with Crippen LogP contribution in [-0.4, -0.2) is 52.2 Å². The lowest BCUT2D eigenvalue weighted by Crippen LogP contribution is -2.44. The summed E-state index contributed by atoms with van der Waals surface area (Å²) in [5, 5.41) is 11.7. The van der Waals surface area contributed by atoms with Crippen LogP contribution in [0.3, 0.4) is 0 Å². The van der Waals surface area contributed by atoms with Crippen LogP contribution >= 0.6 is 0 Å². The molecule has 0 atom stereocenters. The lowest BCUT2D eigenvalue weighted by atomic mass is 10.1. The van der Waals surface area contributed by atoms with Crippen molar-refractivity contribution in [3.05, 3.63) is 29.9 Å². The van der Waals surface area contributed by atoms with Gasteiger partial charge in [-0.2, -0.15) is 0 Å². The summed E-state index contributed by atoms with van der Waals surface area (Å²) in [6, 6.07) is 7.53. The third-order valence-corrected chi connectivity index (χ3v) is 4.47. The van der Waals surface area contributed by atoms with Gasteiger partial charge in [0.2, 0.25) is 11.6 Å². The number of para-hydroxylation sites is 2. The molecule has 2 aromatic rings. The Bertz CT molecular complexity index is 840. The van der Waals surface area contributed by atoms with Crippen LogP contribution in [0.15, 0.2) is 29.3 Å². The molecule has 2 N–H and O–H groups in total. The Balaban J connectivity index is 1.88.